The zero-order valence-corrected chi connectivity index (χ0v) is 12.3. The second kappa shape index (κ2) is 6.97. The maximum Gasteiger partial charge on any atom is 0.264 e. The van der Waals surface area contributed by atoms with Crippen molar-refractivity contribution in [2.75, 3.05) is 19.9 Å². The summed E-state index contributed by atoms with van der Waals surface area (Å²) < 4.78 is 10.8. The lowest BCUT2D eigenvalue weighted by Gasteiger charge is -2.25. The lowest BCUT2D eigenvalue weighted by atomic mass is 10.2. The molecule has 0 aliphatic carbocycles. The van der Waals surface area contributed by atoms with Gasteiger partial charge < -0.3 is 14.8 Å². The Balaban J connectivity index is 0.000000771. The molecule has 7 heteroatoms. The molecule has 4 nitrogen and oxygen atoms in total. The van der Waals surface area contributed by atoms with E-state index in [-0.39, 0.29) is 12.5 Å². The quantitative estimate of drug-likeness (QED) is 0.783. The van der Waals surface area contributed by atoms with E-state index in [0.717, 1.165) is 0 Å². The molecule has 1 aromatic carbocycles. The number of thiol groups is 1. The predicted octanol–water partition coefficient (Wildman–Crippen LogP) is 2.43. The first-order valence-corrected chi connectivity index (χ1v) is 6.71. The first-order valence-electron chi connectivity index (χ1n) is 5.06. The Kier molecular flexibility index (Phi) is 5.91. The number of fused-ring (bicyclic) bond motifs is 1. The van der Waals surface area contributed by atoms with Crippen LogP contribution in [0, 0.1) is 0 Å². The summed E-state index contributed by atoms with van der Waals surface area (Å²) in [5.74, 6) is 0.681. The molecule has 0 aromatic heterocycles. The monoisotopic (exact) mass is 309 g/mol. The molecule has 1 heterocycles. The number of hydrogen-bond donors (Lipinski definition) is 2. The maximum atomic E-state index is 11.4. The fourth-order valence-corrected chi connectivity index (χ4v) is 1.67. The molecule has 1 atom stereocenters. The Hall–Kier alpha value is -0.780. The van der Waals surface area contributed by atoms with Gasteiger partial charge in [0, 0.05) is 19.2 Å². The standard InChI is InChI=1S/C10H9Cl2NO3.CH4S/c1-13-10(14)9-4-15-7-2-5(11)6(12)3-8(7)16-9;1-2/h2-3,9H,4H2,1H3,(H,13,14);2H,1H3. The van der Waals surface area contributed by atoms with E-state index in [1.165, 1.54) is 13.1 Å². The van der Waals surface area contributed by atoms with Crippen LogP contribution in [0.2, 0.25) is 10.0 Å². The molecule has 0 bridgehead atoms. The van der Waals surface area contributed by atoms with E-state index in [9.17, 15) is 4.79 Å². The van der Waals surface area contributed by atoms with Crippen LogP contribution in [-0.4, -0.2) is 31.9 Å². The van der Waals surface area contributed by atoms with Crippen molar-refractivity contribution in [2.45, 2.75) is 6.10 Å². The highest BCUT2D eigenvalue weighted by atomic mass is 35.5. The van der Waals surface area contributed by atoms with Gasteiger partial charge in [0.25, 0.3) is 5.91 Å². The second-order valence-corrected chi connectivity index (χ2v) is 4.06. The van der Waals surface area contributed by atoms with Crippen LogP contribution in [0.5, 0.6) is 11.5 Å². The average molecular weight is 310 g/mol. The van der Waals surface area contributed by atoms with Crippen molar-refractivity contribution in [1.29, 1.82) is 0 Å². The van der Waals surface area contributed by atoms with Gasteiger partial charge in [-0.15, -0.1) is 0 Å². The summed E-state index contributed by atoms with van der Waals surface area (Å²) in [5.41, 5.74) is 0. The third kappa shape index (κ3) is 3.37. The Morgan fingerprint density at radius 2 is 1.89 bits per heavy atom. The molecule has 0 saturated carbocycles. The Morgan fingerprint density at radius 1 is 1.33 bits per heavy atom. The van der Waals surface area contributed by atoms with Gasteiger partial charge in [0.15, 0.2) is 11.5 Å². The van der Waals surface area contributed by atoms with Crippen molar-refractivity contribution in [1.82, 2.24) is 5.32 Å². The molecular weight excluding hydrogens is 297 g/mol. The smallest absolute Gasteiger partial charge is 0.264 e. The van der Waals surface area contributed by atoms with E-state index in [2.05, 4.69) is 17.9 Å². The number of rotatable bonds is 1. The molecule has 1 unspecified atom stereocenters. The molecule has 0 radical (unpaired) electrons. The molecular formula is C11H13Cl2NO3S. The zero-order valence-electron chi connectivity index (χ0n) is 9.87. The average Bonchev–Trinajstić information content (AvgIpc) is 2.41. The number of carbonyl (C=O) groups is 1. The van der Waals surface area contributed by atoms with Crippen LogP contribution >= 0.6 is 35.8 Å². The number of ether oxygens (including phenoxy) is 2. The number of hydrogen-bond acceptors (Lipinski definition) is 4. The summed E-state index contributed by atoms with van der Waals surface area (Å²) >= 11 is 15.2. The summed E-state index contributed by atoms with van der Waals surface area (Å²) in [7, 11) is 1.54. The van der Waals surface area contributed by atoms with Crippen molar-refractivity contribution in [2.24, 2.45) is 0 Å². The van der Waals surface area contributed by atoms with Gasteiger partial charge in [-0.05, 0) is 6.26 Å². The topological polar surface area (TPSA) is 47.6 Å². The first kappa shape index (κ1) is 15.3. The molecule has 1 aliphatic rings. The normalized spacial score (nSPS) is 16.4. The molecule has 1 aromatic rings. The van der Waals surface area contributed by atoms with Crippen LogP contribution in [0.3, 0.4) is 0 Å². The van der Waals surface area contributed by atoms with Crippen molar-refractivity contribution in [3.8, 4) is 11.5 Å². The van der Waals surface area contributed by atoms with Gasteiger partial charge >= 0.3 is 0 Å². The first-order chi connectivity index (χ1) is 8.61. The minimum atomic E-state index is -0.658. The van der Waals surface area contributed by atoms with Gasteiger partial charge in [0.1, 0.15) is 6.61 Å². The van der Waals surface area contributed by atoms with Gasteiger partial charge in [0.2, 0.25) is 6.10 Å². The molecule has 0 fully saturated rings. The minimum absolute atomic E-state index is 0.157. The maximum absolute atomic E-state index is 11.4. The molecule has 1 N–H and O–H groups in total. The molecule has 18 heavy (non-hydrogen) atoms. The van der Waals surface area contributed by atoms with Gasteiger partial charge in [-0.3, -0.25) is 4.79 Å². The van der Waals surface area contributed by atoms with Crippen molar-refractivity contribution in [3.63, 3.8) is 0 Å². The number of carbonyl (C=O) groups excluding carboxylic acids is 1. The summed E-state index contributed by atoms with van der Waals surface area (Å²) in [5, 5.41) is 3.24. The number of benzene rings is 1. The van der Waals surface area contributed by atoms with E-state index in [1.807, 2.05) is 0 Å². The fraction of sp³-hybridized carbons (Fsp3) is 0.364. The van der Waals surface area contributed by atoms with Gasteiger partial charge in [-0.2, -0.15) is 12.6 Å². The lowest BCUT2D eigenvalue weighted by molar-refractivity contribution is -0.129. The largest absolute Gasteiger partial charge is 0.485 e. The van der Waals surface area contributed by atoms with E-state index in [1.54, 1.807) is 12.3 Å². The van der Waals surface area contributed by atoms with Crippen LogP contribution in [0.15, 0.2) is 12.1 Å². The highest BCUT2D eigenvalue weighted by molar-refractivity contribution is 7.79. The van der Waals surface area contributed by atoms with E-state index >= 15 is 0 Å². The van der Waals surface area contributed by atoms with Crippen molar-refractivity contribution >= 4 is 41.7 Å². The molecule has 1 amide bonds. The molecule has 100 valence electrons. The molecule has 1 aliphatic heterocycles. The highest BCUT2D eigenvalue weighted by Gasteiger charge is 2.27. The van der Waals surface area contributed by atoms with Crippen molar-refractivity contribution in [3.05, 3.63) is 22.2 Å². The van der Waals surface area contributed by atoms with Crippen LogP contribution in [0.25, 0.3) is 0 Å². The van der Waals surface area contributed by atoms with Gasteiger partial charge in [-0.25, -0.2) is 0 Å². The third-order valence-electron chi connectivity index (χ3n) is 2.18. The minimum Gasteiger partial charge on any atom is -0.485 e. The van der Waals surface area contributed by atoms with Crippen LogP contribution < -0.4 is 14.8 Å². The molecule has 2 rings (SSSR count). The number of halogens is 2. The summed E-state index contributed by atoms with van der Waals surface area (Å²) in [6.45, 7) is 0.157. The van der Waals surface area contributed by atoms with Gasteiger partial charge in [-0.1, -0.05) is 23.2 Å². The second-order valence-electron chi connectivity index (χ2n) is 3.24. The summed E-state index contributed by atoms with van der Waals surface area (Å²) in [6, 6.07) is 3.10. The predicted molar refractivity (Wildman–Crippen MR) is 75.3 cm³/mol. The Labute approximate surface area is 121 Å². The molecule has 0 saturated heterocycles. The van der Waals surface area contributed by atoms with E-state index < -0.39 is 6.10 Å². The highest BCUT2D eigenvalue weighted by Crippen LogP contribution is 2.38. The van der Waals surface area contributed by atoms with Crippen LogP contribution in [-0.2, 0) is 4.79 Å². The lowest BCUT2D eigenvalue weighted by Crippen LogP contribution is -2.42. The van der Waals surface area contributed by atoms with Crippen molar-refractivity contribution < 1.29 is 14.3 Å². The zero-order chi connectivity index (χ0) is 13.7. The number of likely N-dealkylation sites (N-methyl/N-ethyl adjacent to an activating group) is 1. The summed E-state index contributed by atoms with van der Waals surface area (Å²) in [4.78, 5) is 11.4. The van der Waals surface area contributed by atoms with Crippen LogP contribution in [0.1, 0.15) is 0 Å². The van der Waals surface area contributed by atoms with E-state index in [4.69, 9.17) is 32.7 Å². The van der Waals surface area contributed by atoms with Crippen LogP contribution in [0.4, 0.5) is 0 Å². The number of amides is 1. The number of nitrogens with one attached hydrogen (secondary N) is 1. The fourth-order valence-electron chi connectivity index (χ4n) is 1.36. The molecule has 0 spiro atoms. The van der Waals surface area contributed by atoms with E-state index in [0.29, 0.717) is 21.5 Å². The van der Waals surface area contributed by atoms with Gasteiger partial charge in [0.05, 0.1) is 10.0 Å². The Morgan fingerprint density at radius 3 is 2.44 bits per heavy atom. The SMILES string of the molecule is CNC(=O)C1COc2cc(Cl)c(Cl)cc2O1.CS. The summed E-state index contributed by atoms with van der Waals surface area (Å²) in [6.07, 6.45) is 1.04. The Bertz CT molecular complexity index is 443. The third-order valence-corrected chi connectivity index (χ3v) is 2.91.